The minimum atomic E-state index is 0.676. The minimum Gasteiger partial charge on any atom is -0.329 e. The lowest BCUT2D eigenvalue weighted by Crippen LogP contribution is -2.52. The third-order valence-electron chi connectivity index (χ3n) is 5.41. The molecule has 0 bridgehead atoms. The zero-order valence-corrected chi connectivity index (χ0v) is 12.9. The van der Waals surface area contributed by atoms with Crippen LogP contribution in [0.5, 0.6) is 0 Å². The molecule has 1 heterocycles. The number of piperidine rings is 1. The maximum Gasteiger partial charge on any atom is 0.0249 e. The third-order valence-corrected chi connectivity index (χ3v) is 5.41. The van der Waals surface area contributed by atoms with Gasteiger partial charge in [0.05, 0.1) is 0 Å². The zero-order chi connectivity index (χ0) is 13.5. The monoisotopic (exact) mass is 266 g/mol. The first-order valence-electron chi connectivity index (χ1n) is 8.82. The van der Waals surface area contributed by atoms with E-state index >= 15 is 0 Å². The quantitative estimate of drug-likeness (QED) is 0.764. The van der Waals surface area contributed by atoms with Crippen LogP contribution < -0.4 is 5.73 Å². The molecule has 0 radical (unpaired) electrons. The molecule has 2 atom stereocenters. The summed E-state index contributed by atoms with van der Waals surface area (Å²) in [4.78, 5) is 2.82. The Bertz CT molecular complexity index is 231. The maximum absolute atomic E-state index is 6.20. The number of nitrogens with two attached hydrogens (primary N) is 1. The Morgan fingerprint density at radius 2 is 1.68 bits per heavy atom. The van der Waals surface area contributed by atoms with E-state index in [2.05, 4.69) is 11.8 Å². The van der Waals surface area contributed by atoms with Gasteiger partial charge in [0.1, 0.15) is 0 Å². The van der Waals surface area contributed by atoms with Crippen LogP contribution in [0.25, 0.3) is 0 Å². The lowest BCUT2D eigenvalue weighted by atomic mass is 9.87. The molecule has 0 spiro atoms. The molecule has 1 saturated heterocycles. The molecule has 1 aliphatic carbocycles. The molecule has 0 aromatic carbocycles. The summed E-state index contributed by atoms with van der Waals surface area (Å²) in [6.07, 6.45) is 15.6. The van der Waals surface area contributed by atoms with Crippen molar-refractivity contribution in [1.29, 1.82) is 0 Å². The van der Waals surface area contributed by atoms with E-state index in [1.807, 2.05) is 0 Å². The van der Waals surface area contributed by atoms with Gasteiger partial charge in [0, 0.05) is 18.6 Å². The maximum atomic E-state index is 6.20. The summed E-state index contributed by atoms with van der Waals surface area (Å²) in [6, 6.07) is 1.51. The molecule has 1 aliphatic heterocycles. The average molecular weight is 266 g/mol. The highest BCUT2D eigenvalue weighted by Crippen LogP contribution is 2.32. The Hall–Kier alpha value is -0.0800. The van der Waals surface area contributed by atoms with Gasteiger partial charge < -0.3 is 5.73 Å². The van der Waals surface area contributed by atoms with Crippen LogP contribution in [-0.4, -0.2) is 30.1 Å². The number of hydrogen-bond acceptors (Lipinski definition) is 2. The summed E-state index contributed by atoms with van der Waals surface area (Å²) in [5, 5.41) is 0. The second-order valence-corrected chi connectivity index (χ2v) is 6.73. The van der Waals surface area contributed by atoms with Crippen LogP contribution in [0, 0.1) is 5.92 Å². The van der Waals surface area contributed by atoms with Crippen LogP contribution in [0.1, 0.15) is 77.6 Å². The molecule has 112 valence electrons. The molecule has 2 heteroatoms. The SMILES string of the molecule is CCCC1CCCCN1C(CN)C1CCCCCC1. The molecule has 2 aliphatic rings. The summed E-state index contributed by atoms with van der Waals surface area (Å²) in [7, 11) is 0. The molecule has 2 fully saturated rings. The van der Waals surface area contributed by atoms with Crippen molar-refractivity contribution in [3.63, 3.8) is 0 Å². The van der Waals surface area contributed by atoms with Crippen molar-refractivity contribution in [2.75, 3.05) is 13.1 Å². The third kappa shape index (κ3) is 4.19. The lowest BCUT2D eigenvalue weighted by molar-refractivity contribution is 0.0551. The van der Waals surface area contributed by atoms with E-state index in [0.29, 0.717) is 6.04 Å². The smallest absolute Gasteiger partial charge is 0.0249 e. The molecule has 0 aromatic heterocycles. The van der Waals surface area contributed by atoms with E-state index < -0.39 is 0 Å². The van der Waals surface area contributed by atoms with Crippen LogP contribution in [0.3, 0.4) is 0 Å². The van der Waals surface area contributed by atoms with Gasteiger partial charge in [-0.25, -0.2) is 0 Å². The average Bonchev–Trinajstić information content (AvgIpc) is 2.71. The fraction of sp³-hybridized carbons (Fsp3) is 1.00. The predicted molar refractivity (Wildman–Crippen MR) is 83.3 cm³/mol. The Labute approximate surface area is 120 Å². The van der Waals surface area contributed by atoms with Crippen molar-refractivity contribution in [3.05, 3.63) is 0 Å². The van der Waals surface area contributed by atoms with Crippen LogP contribution in [-0.2, 0) is 0 Å². The van der Waals surface area contributed by atoms with E-state index in [9.17, 15) is 0 Å². The lowest BCUT2D eigenvalue weighted by Gasteiger charge is -2.44. The normalized spacial score (nSPS) is 29.1. The Morgan fingerprint density at radius 3 is 2.32 bits per heavy atom. The van der Waals surface area contributed by atoms with Gasteiger partial charge in [-0.15, -0.1) is 0 Å². The first-order chi connectivity index (χ1) is 9.36. The second kappa shape index (κ2) is 8.26. The minimum absolute atomic E-state index is 0.676. The van der Waals surface area contributed by atoms with Gasteiger partial charge in [0.15, 0.2) is 0 Å². The Morgan fingerprint density at radius 1 is 1.00 bits per heavy atom. The fourth-order valence-electron chi connectivity index (χ4n) is 4.40. The van der Waals surface area contributed by atoms with Crippen LogP contribution in [0.4, 0.5) is 0 Å². The van der Waals surface area contributed by atoms with Gasteiger partial charge >= 0.3 is 0 Å². The van der Waals surface area contributed by atoms with E-state index in [4.69, 9.17) is 5.73 Å². The topological polar surface area (TPSA) is 29.3 Å². The van der Waals surface area contributed by atoms with Crippen LogP contribution in [0.15, 0.2) is 0 Å². The largest absolute Gasteiger partial charge is 0.329 e. The van der Waals surface area contributed by atoms with E-state index in [1.165, 1.54) is 77.2 Å². The summed E-state index contributed by atoms with van der Waals surface area (Å²) < 4.78 is 0. The van der Waals surface area contributed by atoms with E-state index in [0.717, 1.165) is 18.5 Å². The first kappa shape index (κ1) is 15.3. The molecular formula is C17H34N2. The molecule has 2 unspecified atom stereocenters. The van der Waals surface area contributed by atoms with Crippen molar-refractivity contribution >= 4 is 0 Å². The van der Waals surface area contributed by atoms with Gasteiger partial charge in [-0.1, -0.05) is 45.4 Å². The summed E-state index contributed by atoms with van der Waals surface area (Å²) in [5.41, 5.74) is 6.20. The van der Waals surface area contributed by atoms with Gasteiger partial charge in [0.2, 0.25) is 0 Å². The van der Waals surface area contributed by atoms with Gasteiger partial charge in [-0.3, -0.25) is 4.90 Å². The fourth-order valence-corrected chi connectivity index (χ4v) is 4.40. The van der Waals surface area contributed by atoms with E-state index in [-0.39, 0.29) is 0 Å². The first-order valence-corrected chi connectivity index (χ1v) is 8.82. The number of nitrogens with zero attached hydrogens (tertiary/aromatic N) is 1. The van der Waals surface area contributed by atoms with E-state index in [1.54, 1.807) is 0 Å². The summed E-state index contributed by atoms with van der Waals surface area (Å²) >= 11 is 0. The Kier molecular flexibility index (Phi) is 6.66. The van der Waals surface area contributed by atoms with Crippen LogP contribution >= 0.6 is 0 Å². The van der Waals surface area contributed by atoms with Gasteiger partial charge in [0.25, 0.3) is 0 Å². The highest BCUT2D eigenvalue weighted by molar-refractivity contribution is 4.88. The van der Waals surface area contributed by atoms with Crippen molar-refractivity contribution in [3.8, 4) is 0 Å². The molecule has 2 rings (SSSR count). The zero-order valence-electron chi connectivity index (χ0n) is 12.9. The highest BCUT2D eigenvalue weighted by atomic mass is 15.2. The Balaban J connectivity index is 2.00. The second-order valence-electron chi connectivity index (χ2n) is 6.73. The van der Waals surface area contributed by atoms with Gasteiger partial charge in [-0.05, 0) is 44.6 Å². The molecule has 0 amide bonds. The van der Waals surface area contributed by atoms with Crippen molar-refractivity contribution < 1.29 is 0 Å². The molecule has 1 saturated carbocycles. The number of rotatable bonds is 5. The molecular weight excluding hydrogens is 232 g/mol. The molecule has 19 heavy (non-hydrogen) atoms. The molecule has 0 aromatic rings. The number of hydrogen-bond donors (Lipinski definition) is 1. The summed E-state index contributed by atoms with van der Waals surface area (Å²) in [5.74, 6) is 0.880. The van der Waals surface area contributed by atoms with Crippen molar-refractivity contribution in [2.24, 2.45) is 11.7 Å². The molecule has 2 nitrogen and oxygen atoms in total. The predicted octanol–water partition coefficient (Wildman–Crippen LogP) is 3.94. The van der Waals surface area contributed by atoms with Gasteiger partial charge in [-0.2, -0.15) is 0 Å². The van der Waals surface area contributed by atoms with Crippen LogP contribution in [0.2, 0.25) is 0 Å². The number of likely N-dealkylation sites (tertiary alicyclic amines) is 1. The molecule has 2 N–H and O–H groups in total. The standard InChI is InChI=1S/C17H34N2/c1-2-9-16-12-7-8-13-19(16)17(14-18)15-10-5-3-4-6-11-15/h15-17H,2-14,18H2,1H3. The summed E-state index contributed by atoms with van der Waals surface area (Å²) in [6.45, 7) is 4.52. The van der Waals surface area contributed by atoms with Crippen molar-refractivity contribution in [1.82, 2.24) is 4.90 Å². The highest BCUT2D eigenvalue weighted by Gasteiger charge is 2.32. The van der Waals surface area contributed by atoms with Crippen molar-refractivity contribution in [2.45, 2.75) is 89.6 Å².